The molecule has 1 aromatic rings. The molecule has 0 aliphatic heterocycles. The van der Waals surface area contributed by atoms with Crippen molar-refractivity contribution in [1.82, 2.24) is 4.90 Å². The molecule has 0 unspecified atom stereocenters. The lowest BCUT2D eigenvalue weighted by Gasteiger charge is -2.19. The van der Waals surface area contributed by atoms with Gasteiger partial charge in [-0.15, -0.1) is 0 Å². The van der Waals surface area contributed by atoms with Crippen LogP contribution < -0.4 is 19.9 Å². The monoisotopic (exact) mass is 268 g/mol. The van der Waals surface area contributed by atoms with E-state index < -0.39 is 0 Å². The first-order valence-corrected chi connectivity index (χ1v) is 6.33. The molecule has 0 amide bonds. The molecule has 0 atom stereocenters. The van der Waals surface area contributed by atoms with E-state index in [0.29, 0.717) is 23.8 Å². The predicted octanol–water partition coefficient (Wildman–Crippen LogP) is 1.49. The number of ether oxygens (including phenoxy) is 3. The maximum absolute atomic E-state index is 5.52. The first kappa shape index (κ1) is 15.6. The van der Waals surface area contributed by atoms with Crippen LogP contribution in [-0.4, -0.2) is 46.4 Å². The summed E-state index contributed by atoms with van der Waals surface area (Å²) < 4.78 is 16.0. The van der Waals surface area contributed by atoms with E-state index in [9.17, 15) is 0 Å². The lowest BCUT2D eigenvalue weighted by molar-refractivity contribution is 0.311. The summed E-state index contributed by atoms with van der Waals surface area (Å²) in [4.78, 5) is 2.22. The maximum Gasteiger partial charge on any atom is 0.203 e. The van der Waals surface area contributed by atoms with E-state index in [1.54, 1.807) is 21.3 Å². The highest BCUT2D eigenvalue weighted by Crippen LogP contribution is 2.38. The molecule has 19 heavy (non-hydrogen) atoms. The van der Waals surface area contributed by atoms with Crippen LogP contribution in [0.4, 0.5) is 0 Å². The largest absolute Gasteiger partial charge is 0.493 e. The molecule has 0 spiro atoms. The van der Waals surface area contributed by atoms with Gasteiger partial charge in [-0.25, -0.2) is 0 Å². The van der Waals surface area contributed by atoms with E-state index >= 15 is 0 Å². The van der Waals surface area contributed by atoms with E-state index in [4.69, 9.17) is 19.9 Å². The first-order chi connectivity index (χ1) is 9.15. The van der Waals surface area contributed by atoms with E-state index in [-0.39, 0.29) is 0 Å². The summed E-state index contributed by atoms with van der Waals surface area (Å²) in [6.45, 7) is 2.49. The van der Waals surface area contributed by atoms with Crippen molar-refractivity contribution in [3.63, 3.8) is 0 Å². The van der Waals surface area contributed by atoms with Gasteiger partial charge in [0.15, 0.2) is 11.5 Å². The van der Waals surface area contributed by atoms with Gasteiger partial charge in [0.2, 0.25) is 5.75 Å². The maximum atomic E-state index is 5.52. The molecule has 0 heterocycles. The molecule has 5 heteroatoms. The van der Waals surface area contributed by atoms with Crippen molar-refractivity contribution in [3.8, 4) is 17.2 Å². The molecular weight excluding hydrogens is 244 g/mol. The third-order valence-electron chi connectivity index (χ3n) is 2.92. The zero-order valence-corrected chi connectivity index (χ0v) is 12.2. The smallest absolute Gasteiger partial charge is 0.203 e. The van der Waals surface area contributed by atoms with Crippen LogP contribution >= 0.6 is 0 Å². The molecule has 0 aliphatic carbocycles. The minimum Gasteiger partial charge on any atom is -0.493 e. The number of rotatable bonds is 8. The van der Waals surface area contributed by atoms with Crippen LogP contribution in [0.3, 0.4) is 0 Å². The fourth-order valence-corrected chi connectivity index (χ4v) is 1.98. The highest BCUT2D eigenvalue weighted by molar-refractivity contribution is 5.53. The molecule has 0 saturated heterocycles. The fraction of sp³-hybridized carbons (Fsp3) is 0.571. The van der Waals surface area contributed by atoms with Crippen LogP contribution in [-0.2, 0) is 6.54 Å². The summed E-state index contributed by atoms with van der Waals surface area (Å²) in [6, 6.07) is 3.95. The van der Waals surface area contributed by atoms with Gasteiger partial charge in [0.25, 0.3) is 0 Å². The van der Waals surface area contributed by atoms with Gasteiger partial charge >= 0.3 is 0 Å². The third kappa shape index (κ3) is 4.29. The summed E-state index contributed by atoms with van der Waals surface area (Å²) in [6.07, 6.45) is 0.987. The van der Waals surface area contributed by atoms with Crippen LogP contribution in [0.5, 0.6) is 17.2 Å². The molecule has 0 aliphatic rings. The minimum absolute atomic E-state index is 0.623. The Hall–Kier alpha value is -1.46. The standard InChI is InChI=1S/C14H24N2O3/c1-16(7-5-6-15)10-11-8-12(17-2)14(19-4)13(9-11)18-3/h8-9H,5-7,10,15H2,1-4H3. The number of nitrogens with zero attached hydrogens (tertiary/aromatic N) is 1. The Kier molecular flexibility index (Phi) is 6.45. The fourth-order valence-electron chi connectivity index (χ4n) is 1.98. The zero-order chi connectivity index (χ0) is 14.3. The quantitative estimate of drug-likeness (QED) is 0.774. The van der Waals surface area contributed by atoms with Gasteiger partial charge in [-0.3, -0.25) is 0 Å². The van der Waals surface area contributed by atoms with Gasteiger partial charge in [-0.2, -0.15) is 0 Å². The van der Waals surface area contributed by atoms with Crippen molar-refractivity contribution in [2.45, 2.75) is 13.0 Å². The second-order valence-corrected chi connectivity index (χ2v) is 4.41. The number of hydrogen-bond acceptors (Lipinski definition) is 5. The van der Waals surface area contributed by atoms with E-state index in [1.807, 2.05) is 12.1 Å². The SMILES string of the molecule is COc1cc(CN(C)CCCN)cc(OC)c1OC. The van der Waals surface area contributed by atoms with Crippen molar-refractivity contribution in [2.75, 3.05) is 41.5 Å². The van der Waals surface area contributed by atoms with Crippen molar-refractivity contribution < 1.29 is 14.2 Å². The Balaban J connectivity index is 2.90. The van der Waals surface area contributed by atoms with E-state index in [1.165, 1.54) is 0 Å². The van der Waals surface area contributed by atoms with Crippen LogP contribution in [0, 0.1) is 0 Å². The zero-order valence-electron chi connectivity index (χ0n) is 12.2. The molecular formula is C14H24N2O3. The summed E-state index contributed by atoms with van der Waals surface area (Å²) in [5.41, 5.74) is 6.64. The second kappa shape index (κ2) is 7.86. The number of benzene rings is 1. The van der Waals surface area contributed by atoms with Crippen molar-refractivity contribution >= 4 is 0 Å². The minimum atomic E-state index is 0.623. The van der Waals surface area contributed by atoms with E-state index in [2.05, 4.69) is 11.9 Å². The molecule has 0 saturated carbocycles. The molecule has 0 aromatic heterocycles. The van der Waals surface area contributed by atoms with Gasteiger partial charge < -0.3 is 24.8 Å². The van der Waals surface area contributed by atoms with Crippen LogP contribution in [0.2, 0.25) is 0 Å². The van der Waals surface area contributed by atoms with Crippen LogP contribution in [0.15, 0.2) is 12.1 Å². The molecule has 1 rings (SSSR count). The summed E-state index contributed by atoms with van der Waals surface area (Å²) in [5, 5.41) is 0. The molecule has 0 fully saturated rings. The van der Waals surface area contributed by atoms with Gasteiger partial charge in [0, 0.05) is 6.54 Å². The second-order valence-electron chi connectivity index (χ2n) is 4.41. The van der Waals surface area contributed by atoms with Gasteiger partial charge in [-0.05, 0) is 44.3 Å². The Morgan fingerprint density at radius 3 is 2.05 bits per heavy atom. The molecule has 1 aromatic carbocycles. The lowest BCUT2D eigenvalue weighted by Crippen LogP contribution is -2.21. The van der Waals surface area contributed by atoms with E-state index in [0.717, 1.165) is 25.1 Å². The normalized spacial score (nSPS) is 10.6. The Labute approximate surface area is 115 Å². The highest BCUT2D eigenvalue weighted by Gasteiger charge is 2.13. The topological polar surface area (TPSA) is 57.0 Å². The van der Waals surface area contributed by atoms with Gasteiger partial charge in [0.05, 0.1) is 21.3 Å². The summed E-state index contributed by atoms with van der Waals surface area (Å²) in [5.74, 6) is 1.99. The lowest BCUT2D eigenvalue weighted by atomic mass is 10.1. The Morgan fingerprint density at radius 1 is 1.05 bits per heavy atom. The number of nitrogens with two attached hydrogens (primary N) is 1. The molecule has 5 nitrogen and oxygen atoms in total. The van der Waals surface area contributed by atoms with Crippen LogP contribution in [0.1, 0.15) is 12.0 Å². The van der Waals surface area contributed by atoms with Crippen molar-refractivity contribution in [2.24, 2.45) is 5.73 Å². The summed E-state index contributed by atoms with van der Waals surface area (Å²) >= 11 is 0. The third-order valence-corrected chi connectivity index (χ3v) is 2.92. The Bertz CT molecular complexity index is 371. The average molecular weight is 268 g/mol. The highest BCUT2D eigenvalue weighted by atomic mass is 16.5. The molecule has 0 bridgehead atoms. The van der Waals surface area contributed by atoms with Crippen LogP contribution in [0.25, 0.3) is 0 Å². The average Bonchev–Trinajstić information content (AvgIpc) is 2.43. The first-order valence-electron chi connectivity index (χ1n) is 6.33. The van der Waals surface area contributed by atoms with Gasteiger partial charge in [-0.1, -0.05) is 0 Å². The predicted molar refractivity (Wildman–Crippen MR) is 76.1 cm³/mol. The summed E-state index contributed by atoms with van der Waals surface area (Å²) in [7, 11) is 6.92. The number of methoxy groups -OCH3 is 3. The Morgan fingerprint density at radius 2 is 1.63 bits per heavy atom. The van der Waals surface area contributed by atoms with Crippen molar-refractivity contribution in [3.05, 3.63) is 17.7 Å². The molecule has 108 valence electrons. The number of hydrogen-bond donors (Lipinski definition) is 1. The van der Waals surface area contributed by atoms with Crippen molar-refractivity contribution in [1.29, 1.82) is 0 Å². The molecule has 2 N–H and O–H groups in total. The molecule has 0 radical (unpaired) electrons. The van der Waals surface area contributed by atoms with Gasteiger partial charge in [0.1, 0.15) is 0 Å².